The molecule has 7 heteroatoms. The van der Waals surface area contributed by atoms with Gasteiger partial charge in [-0.15, -0.1) is 0 Å². The summed E-state index contributed by atoms with van der Waals surface area (Å²) in [6.07, 6.45) is 3.70. The lowest BCUT2D eigenvalue weighted by molar-refractivity contribution is -0.389. The van der Waals surface area contributed by atoms with Crippen molar-refractivity contribution in [3.63, 3.8) is 0 Å². The molecular weight excluding hydrogens is 286 g/mol. The summed E-state index contributed by atoms with van der Waals surface area (Å²) in [5.74, 6) is -0.695. The van der Waals surface area contributed by atoms with Crippen LogP contribution in [0.15, 0.2) is 42.9 Å². The molecule has 0 aliphatic rings. The Kier molecular flexibility index (Phi) is 5.24. The molecule has 116 valence electrons. The number of carbonyl (C=O) groups excluding carboxylic acids is 1. The van der Waals surface area contributed by atoms with Crippen molar-refractivity contribution in [2.45, 2.75) is 25.8 Å². The van der Waals surface area contributed by atoms with Crippen molar-refractivity contribution in [2.24, 2.45) is 0 Å². The molecule has 1 aromatic heterocycles. The van der Waals surface area contributed by atoms with Gasteiger partial charge in [-0.1, -0.05) is 30.3 Å². The molecule has 0 aliphatic heterocycles. The third-order valence-corrected chi connectivity index (χ3v) is 3.24. The number of esters is 1. The fourth-order valence-corrected chi connectivity index (χ4v) is 2.17. The lowest BCUT2D eigenvalue weighted by atomic mass is 10.1. The average molecular weight is 303 g/mol. The molecule has 1 unspecified atom stereocenters. The second-order valence-corrected chi connectivity index (χ2v) is 4.73. The van der Waals surface area contributed by atoms with Gasteiger partial charge in [0.15, 0.2) is 0 Å². The van der Waals surface area contributed by atoms with E-state index in [2.05, 4.69) is 4.98 Å². The van der Waals surface area contributed by atoms with Gasteiger partial charge in [0, 0.05) is 0 Å². The fourth-order valence-electron chi connectivity index (χ4n) is 2.17. The number of hydrogen-bond donors (Lipinski definition) is 0. The third kappa shape index (κ3) is 3.91. The molecule has 2 aromatic rings. The molecule has 0 spiro atoms. The normalized spacial score (nSPS) is 11.9. The molecule has 0 saturated carbocycles. The Morgan fingerprint density at radius 3 is 2.73 bits per heavy atom. The summed E-state index contributed by atoms with van der Waals surface area (Å²) in [5, 5.41) is 10.7. The monoisotopic (exact) mass is 303 g/mol. The summed E-state index contributed by atoms with van der Waals surface area (Å²) in [5.41, 5.74) is 1.09. The summed E-state index contributed by atoms with van der Waals surface area (Å²) >= 11 is 0. The molecule has 1 heterocycles. The van der Waals surface area contributed by atoms with Gasteiger partial charge in [0.25, 0.3) is 0 Å². The van der Waals surface area contributed by atoms with Crippen molar-refractivity contribution in [1.29, 1.82) is 0 Å². The van der Waals surface area contributed by atoms with Crippen LogP contribution in [0.3, 0.4) is 0 Å². The molecular formula is C15H17N3O4. The van der Waals surface area contributed by atoms with E-state index in [9.17, 15) is 14.9 Å². The summed E-state index contributed by atoms with van der Waals surface area (Å²) < 4.78 is 6.50. The van der Waals surface area contributed by atoms with Crippen LogP contribution in [-0.4, -0.2) is 27.1 Å². The Morgan fingerprint density at radius 2 is 2.14 bits per heavy atom. The Hall–Kier alpha value is -2.70. The summed E-state index contributed by atoms with van der Waals surface area (Å²) in [6, 6.07) is 9.09. The van der Waals surface area contributed by atoms with Gasteiger partial charge in [0.1, 0.15) is 12.2 Å². The minimum absolute atomic E-state index is 0.261. The van der Waals surface area contributed by atoms with Crippen LogP contribution in [0, 0.1) is 10.1 Å². The van der Waals surface area contributed by atoms with Crippen LogP contribution in [0.4, 0.5) is 5.82 Å². The lowest BCUT2D eigenvalue weighted by Gasteiger charge is -2.15. The highest BCUT2D eigenvalue weighted by Crippen LogP contribution is 2.20. The number of carbonyl (C=O) groups is 1. The molecule has 7 nitrogen and oxygen atoms in total. The van der Waals surface area contributed by atoms with Crippen molar-refractivity contribution in [3.8, 4) is 0 Å². The standard InChI is InChI=1S/C15H17N3O4/c1-2-22-15(19)13(9-8-12-6-4-3-5-7-12)17-10-14(16-11-17)18(20)21/h3-7,10-11,13H,2,8-9H2,1H3. The molecule has 1 atom stereocenters. The minimum atomic E-state index is -0.624. The zero-order chi connectivity index (χ0) is 15.9. The number of rotatable bonds is 7. The van der Waals surface area contributed by atoms with E-state index >= 15 is 0 Å². The van der Waals surface area contributed by atoms with E-state index in [1.54, 1.807) is 6.92 Å². The maximum Gasteiger partial charge on any atom is 0.381 e. The van der Waals surface area contributed by atoms with E-state index < -0.39 is 16.9 Å². The predicted octanol–water partition coefficient (Wildman–Crippen LogP) is 2.53. The van der Waals surface area contributed by atoms with Crippen molar-refractivity contribution >= 4 is 11.8 Å². The van der Waals surface area contributed by atoms with E-state index in [4.69, 9.17) is 4.74 Å². The zero-order valence-electron chi connectivity index (χ0n) is 12.2. The van der Waals surface area contributed by atoms with Crippen LogP contribution < -0.4 is 0 Å². The van der Waals surface area contributed by atoms with Gasteiger partial charge in [0.2, 0.25) is 6.33 Å². The first kappa shape index (κ1) is 15.7. The molecule has 0 amide bonds. The number of ether oxygens (including phenoxy) is 1. The smallest absolute Gasteiger partial charge is 0.381 e. The zero-order valence-corrected chi connectivity index (χ0v) is 12.2. The van der Waals surface area contributed by atoms with Gasteiger partial charge in [-0.2, -0.15) is 0 Å². The van der Waals surface area contributed by atoms with Crippen LogP contribution in [0.1, 0.15) is 24.9 Å². The van der Waals surface area contributed by atoms with Gasteiger partial charge >= 0.3 is 11.8 Å². The largest absolute Gasteiger partial charge is 0.464 e. The second-order valence-electron chi connectivity index (χ2n) is 4.73. The second kappa shape index (κ2) is 7.35. The maximum absolute atomic E-state index is 12.1. The van der Waals surface area contributed by atoms with E-state index in [1.807, 2.05) is 30.3 Å². The number of hydrogen-bond acceptors (Lipinski definition) is 5. The van der Waals surface area contributed by atoms with Gasteiger partial charge in [0.05, 0.1) is 6.61 Å². The van der Waals surface area contributed by atoms with Crippen molar-refractivity contribution in [3.05, 3.63) is 58.5 Å². The highest BCUT2D eigenvalue weighted by molar-refractivity contribution is 5.74. The maximum atomic E-state index is 12.1. The van der Waals surface area contributed by atoms with Crippen LogP contribution in [0.2, 0.25) is 0 Å². The van der Waals surface area contributed by atoms with Crippen molar-refractivity contribution in [1.82, 2.24) is 9.55 Å². The first-order valence-corrected chi connectivity index (χ1v) is 7.00. The quantitative estimate of drug-likeness (QED) is 0.445. The summed E-state index contributed by atoms with van der Waals surface area (Å²) in [4.78, 5) is 25.9. The molecule has 0 aliphatic carbocycles. The highest BCUT2D eigenvalue weighted by Gasteiger charge is 2.24. The lowest BCUT2D eigenvalue weighted by Crippen LogP contribution is -2.21. The Bertz CT molecular complexity index is 639. The first-order valence-electron chi connectivity index (χ1n) is 7.00. The molecule has 1 aromatic carbocycles. The molecule has 0 bridgehead atoms. The number of aryl methyl sites for hydroxylation is 1. The van der Waals surface area contributed by atoms with Crippen LogP contribution in [0.5, 0.6) is 0 Å². The Morgan fingerprint density at radius 1 is 1.41 bits per heavy atom. The topological polar surface area (TPSA) is 87.3 Å². The number of benzene rings is 1. The van der Waals surface area contributed by atoms with Gasteiger partial charge in [-0.3, -0.25) is 4.57 Å². The third-order valence-electron chi connectivity index (χ3n) is 3.24. The summed E-state index contributed by atoms with van der Waals surface area (Å²) in [6.45, 7) is 1.99. The number of nitrogens with zero attached hydrogens (tertiary/aromatic N) is 3. The Labute approximate surface area is 127 Å². The van der Waals surface area contributed by atoms with Gasteiger partial charge in [-0.05, 0) is 35.2 Å². The van der Waals surface area contributed by atoms with Gasteiger partial charge in [-0.25, -0.2) is 4.79 Å². The Balaban J connectivity index is 2.14. The number of aromatic nitrogens is 2. The predicted molar refractivity (Wildman–Crippen MR) is 79.3 cm³/mol. The molecule has 0 N–H and O–H groups in total. The van der Waals surface area contributed by atoms with Crippen LogP contribution in [-0.2, 0) is 16.0 Å². The number of nitro groups is 1. The molecule has 0 radical (unpaired) electrons. The molecule has 22 heavy (non-hydrogen) atoms. The van der Waals surface area contributed by atoms with Gasteiger partial charge < -0.3 is 14.9 Å². The van der Waals surface area contributed by atoms with Crippen molar-refractivity contribution < 1.29 is 14.5 Å². The van der Waals surface area contributed by atoms with Crippen LogP contribution in [0.25, 0.3) is 0 Å². The molecule has 2 rings (SSSR count). The SMILES string of the molecule is CCOC(=O)C(CCc1ccccc1)n1cnc([N+](=O)[O-])c1. The van der Waals surface area contributed by atoms with E-state index in [0.29, 0.717) is 12.8 Å². The molecule has 0 fully saturated rings. The van der Waals surface area contributed by atoms with Crippen LogP contribution >= 0.6 is 0 Å². The average Bonchev–Trinajstić information content (AvgIpc) is 2.99. The highest BCUT2D eigenvalue weighted by atomic mass is 16.6. The van der Waals surface area contributed by atoms with E-state index in [1.165, 1.54) is 17.1 Å². The minimum Gasteiger partial charge on any atom is -0.464 e. The van der Waals surface area contributed by atoms with Crippen molar-refractivity contribution in [2.75, 3.05) is 6.61 Å². The fraction of sp³-hybridized carbons (Fsp3) is 0.333. The van der Waals surface area contributed by atoms with E-state index in [-0.39, 0.29) is 12.4 Å². The summed E-state index contributed by atoms with van der Waals surface area (Å²) in [7, 11) is 0. The first-order chi connectivity index (χ1) is 10.6. The molecule has 0 saturated heterocycles. The number of imidazole rings is 1. The van der Waals surface area contributed by atoms with E-state index in [0.717, 1.165) is 5.56 Å².